The number of carbonyl (C=O) groups is 2. The van der Waals surface area contributed by atoms with Crippen LogP contribution in [0.15, 0.2) is 48.5 Å². The summed E-state index contributed by atoms with van der Waals surface area (Å²) in [6, 6.07) is 13.8. The number of aliphatic hydroxyl groups excluding tert-OH is 5. The van der Waals surface area contributed by atoms with Gasteiger partial charge in [-0.1, -0.05) is 25.1 Å². The van der Waals surface area contributed by atoms with Crippen LogP contribution >= 0.6 is 0 Å². The second kappa shape index (κ2) is 10.8. The lowest BCUT2D eigenvalue weighted by Crippen LogP contribution is -2.60. The van der Waals surface area contributed by atoms with Crippen LogP contribution in [0.2, 0.25) is 18.6 Å². The highest BCUT2D eigenvalue weighted by Gasteiger charge is 2.66. The van der Waals surface area contributed by atoms with Gasteiger partial charge in [0.25, 0.3) is 11.8 Å². The van der Waals surface area contributed by atoms with Crippen LogP contribution in [0.25, 0.3) is 0 Å². The molecular formula is C28H36N2O10Si. The summed E-state index contributed by atoms with van der Waals surface area (Å²) in [6.45, 7) is 5.23. The quantitative estimate of drug-likeness (QED) is 0.231. The van der Waals surface area contributed by atoms with Gasteiger partial charge in [0.15, 0.2) is 26.3 Å². The number of nitrogens with one attached hydrogen (secondary N) is 1. The SMILES string of the molecule is C[C@H]1[C@H]([Si](C)(C)O)[C@@H](CCO)O[C@]12C(=O)N(c1ccccc1)c1ccc(NC(=O)[C@H]3O[C@@H](O)[C@H](O)[C@@H](O)[C@@H]3O)cc12. The summed E-state index contributed by atoms with van der Waals surface area (Å²) in [5.41, 5.74) is -0.108. The van der Waals surface area contributed by atoms with Gasteiger partial charge >= 0.3 is 0 Å². The van der Waals surface area contributed by atoms with E-state index in [1.54, 1.807) is 60.5 Å². The van der Waals surface area contributed by atoms with Crippen molar-refractivity contribution in [3.63, 3.8) is 0 Å². The first kappa shape index (κ1) is 29.8. The number of fused-ring (bicyclic) bond motifs is 2. The molecule has 2 aromatic rings. The first-order valence-electron chi connectivity index (χ1n) is 13.6. The van der Waals surface area contributed by atoms with Crippen molar-refractivity contribution in [1.29, 1.82) is 0 Å². The van der Waals surface area contributed by atoms with Crippen LogP contribution in [-0.4, -0.2) is 93.9 Å². The summed E-state index contributed by atoms with van der Waals surface area (Å²) in [7, 11) is -2.91. The Morgan fingerprint density at radius 1 is 1.05 bits per heavy atom. The maximum absolute atomic E-state index is 14.4. The number of para-hydroxylation sites is 1. The molecule has 2 fully saturated rings. The van der Waals surface area contributed by atoms with E-state index < -0.39 is 62.6 Å². The fourth-order valence-corrected chi connectivity index (χ4v) is 9.21. The van der Waals surface area contributed by atoms with Crippen molar-refractivity contribution in [1.82, 2.24) is 0 Å². The third-order valence-electron chi connectivity index (χ3n) is 8.43. The molecule has 41 heavy (non-hydrogen) atoms. The topological polar surface area (TPSA) is 189 Å². The Labute approximate surface area is 237 Å². The molecule has 3 aliphatic rings. The molecule has 13 heteroatoms. The predicted octanol–water partition coefficient (Wildman–Crippen LogP) is 0.283. The molecule has 0 aliphatic carbocycles. The van der Waals surface area contributed by atoms with Crippen molar-refractivity contribution in [2.45, 2.75) is 74.4 Å². The van der Waals surface area contributed by atoms with Crippen LogP contribution in [0.5, 0.6) is 0 Å². The highest BCUT2D eigenvalue weighted by molar-refractivity contribution is 6.71. The molecule has 1 spiro atoms. The number of anilines is 3. The largest absolute Gasteiger partial charge is 0.432 e. The van der Waals surface area contributed by atoms with Gasteiger partial charge in [-0.05, 0) is 49.8 Å². The summed E-state index contributed by atoms with van der Waals surface area (Å²) in [5.74, 6) is -1.74. The van der Waals surface area contributed by atoms with Crippen LogP contribution in [-0.2, 0) is 24.7 Å². The van der Waals surface area contributed by atoms with E-state index in [0.29, 0.717) is 16.9 Å². The molecule has 222 valence electrons. The van der Waals surface area contributed by atoms with Gasteiger partial charge in [0, 0.05) is 35.0 Å². The summed E-state index contributed by atoms with van der Waals surface area (Å²) in [4.78, 5) is 40.3. The molecular weight excluding hydrogens is 552 g/mol. The van der Waals surface area contributed by atoms with E-state index in [-0.39, 0.29) is 30.2 Å². The molecule has 2 aromatic carbocycles. The van der Waals surface area contributed by atoms with E-state index in [2.05, 4.69) is 5.32 Å². The lowest BCUT2D eigenvalue weighted by Gasteiger charge is -2.37. The van der Waals surface area contributed by atoms with E-state index in [0.717, 1.165) is 0 Å². The minimum atomic E-state index is -2.91. The molecule has 0 unspecified atom stereocenters. The maximum Gasteiger partial charge on any atom is 0.268 e. The number of benzene rings is 2. The predicted molar refractivity (Wildman–Crippen MR) is 148 cm³/mol. The lowest BCUT2D eigenvalue weighted by atomic mass is 9.82. The van der Waals surface area contributed by atoms with Gasteiger partial charge in [0.1, 0.15) is 18.3 Å². The Hall–Kier alpha value is -2.72. The highest BCUT2D eigenvalue weighted by Crippen LogP contribution is 2.61. The summed E-state index contributed by atoms with van der Waals surface area (Å²) >= 11 is 0. The number of carbonyl (C=O) groups excluding carboxylic acids is 2. The second-order valence-corrected chi connectivity index (χ2v) is 15.5. The van der Waals surface area contributed by atoms with Gasteiger partial charge in [-0.2, -0.15) is 0 Å². The Kier molecular flexibility index (Phi) is 7.87. The van der Waals surface area contributed by atoms with Crippen molar-refractivity contribution in [3.8, 4) is 0 Å². The Bertz CT molecular complexity index is 1310. The van der Waals surface area contributed by atoms with Crippen molar-refractivity contribution in [3.05, 3.63) is 54.1 Å². The Morgan fingerprint density at radius 2 is 1.73 bits per heavy atom. The first-order valence-corrected chi connectivity index (χ1v) is 16.6. The van der Waals surface area contributed by atoms with Gasteiger partial charge in [-0.3, -0.25) is 14.5 Å². The highest BCUT2D eigenvalue weighted by atomic mass is 28.4. The second-order valence-electron chi connectivity index (χ2n) is 11.5. The van der Waals surface area contributed by atoms with Gasteiger partial charge in [-0.25, -0.2) is 0 Å². The van der Waals surface area contributed by atoms with Crippen LogP contribution in [0, 0.1) is 5.92 Å². The molecule has 0 aromatic heterocycles. The number of amides is 2. The molecule has 2 saturated heterocycles. The number of hydrogen-bond acceptors (Lipinski definition) is 10. The molecule has 0 bridgehead atoms. The average molecular weight is 589 g/mol. The monoisotopic (exact) mass is 588 g/mol. The van der Waals surface area contributed by atoms with Crippen LogP contribution in [0.4, 0.5) is 17.1 Å². The van der Waals surface area contributed by atoms with E-state index >= 15 is 0 Å². The fourth-order valence-electron chi connectivity index (χ4n) is 6.60. The van der Waals surface area contributed by atoms with Crippen LogP contribution in [0.3, 0.4) is 0 Å². The number of aliphatic hydroxyl groups is 5. The minimum Gasteiger partial charge on any atom is -0.432 e. The third kappa shape index (κ3) is 4.80. The first-order chi connectivity index (χ1) is 19.3. The summed E-state index contributed by atoms with van der Waals surface area (Å²) in [5, 5.41) is 52.3. The van der Waals surface area contributed by atoms with Crippen LogP contribution in [0.1, 0.15) is 18.9 Å². The zero-order valence-corrected chi connectivity index (χ0v) is 23.9. The summed E-state index contributed by atoms with van der Waals surface area (Å²) in [6.07, 6.45) is -9.34. The zero-order chi connectivity index (χ0) is 29.9. The van der Waals surface area contributed by atoms with Gasteiger partial charge in [-0.15, -0.1) is 0 Å². The maximum atomic E-state index is 14.4. The molecule has 0 radical (unpaired) electrons. The summed E-state index contributed by atoms with van der Waals surface area (Å²) < 4.78 is 11.6. The number of rotatable bonds is 6. The smallest absolute Gasteiger partial charge is 0.268 e. The number of ether oxygens (including phenoxy) is 2. The number of hydrogen-bond donors (Lipinski definition) is 7. The molecule has 9 atom stereocenters. The van der Waals surface area contributed by atoms with Crippen LogP contribution < -0.4 is 10.2 Å². The normalized spacial score (nSPS) is 35.1. The third-order valence-corrected chi connectivity index (χ3v) is 10.9. The number of nitrogens with zero attached hydrogens (tertiary/aromatic N) is 1. The standard InChI is InChI=1S/C28H36N2O10Si/c1-14-24(41(2,3)38)19(11-12-31)40-28(14)17-13-15(29-25(35)23-21(33)20(32)22(34)26(36)39-23)9-10-18(17)30(27(28)37)16-7-5-4-6-8-16/h4-10,13-14,19-24,26,31-34,36,38H,11-12H2,1-3H3,(H,29,35)/t14-,19+,20-,21-,22+,23-,24-,26+,28+/m0/s1. The van der Waals surface area contributed by atoms with E-state index in [1.807, 2.05) is 13.0 Å². The van der Waals surface area contributed by atoms with Gasteiger partial charge < -0.3 is 45.1 Å². The Balaban J connectivity index is 1.57. The molecule has 7 N–H and O–H groups in total. The van der Waals surface area contributed by atoms with Crippen molar-refractivity contribution in [2.24, 2.45) is 5.92 Å². The lowest BCUT2D eigenvalue weighted by molar-refractivity contribution is -0.274. The van der Waals surface area contributed by atoms with Crippen molar-refractivity contribution >= 4 is 37.2 Å². The van der Waals surface area contributed by atoms with Crippen molar-refractivity contribution < 1.29 is 49.4 Å². The fraction of sp³-hybridized carbons (Fsp3) is 0.500. The van der Waals surface area contributed by atoms with E-state index in [1.165, 1.54) is 0 Å². The van der Waals surface area contributed by atoms with Gasteiger partial charge in [0.2, 0.25) is 0 Å². The molecule has 3 heterocycles. The molecule has 2 amide bonds. The van der Waals surface area contributed by atoms with E-state index in [9.17, 15) is 39.9 Å². The molecule has 0 saturated carbocycles. The average Bonchev–Trinajstić information content (AvgIpc) is 3.36. The van der Waals surface area contributed by atoms with E-state index in [4.69, 9.17) is 9.47 Å². The minimum absolute atomic E-state index is 0.190. The molecule has 12 nitrogen and oxygen atoms in total. The molecule has 5 rings (SSSR count). The Morgan fingerprint density at radius 3 is 2.37 bits per heavy atom. The van der Waals surface area contributed by atoms with Gasteiger partial charge in [0.05, 0.1) is 11.8 Å². The van der Waals surface area contributed by atoms with Crippen molar-refractivity contribution in [2.75, 3.05) is 16.8 Å². The zero-order valence-electron chi connectivity index (χ0n) is 22.9. The molecule has 3 aliphatic heterocycles.